The third kappa shape index (κ3) is 4.29. The van der Waals surface area contributed by atoms with Gasteiger partial charge in [0.25, 0.3) is 0 Å². The smallest absolute Gasteiger partial charge is 0.247 e. The van der Waals surface area contributed by atoms with Crippen molar-refractivity contribution in [2.75, 3.05) is 15.9 Å². The predicted octanol–water partition coefficient (Wildman–Crippen LogP) is 2.62. The lowest BCUT2D eigenvalue weighted by Gasteiger charge is -2.28. The van der Waals surface area contributed by atoms with Crippen LogP contribution in [0.4, 0.5) is 15.8 Å². The van der Waals surface area contributed by atoms with E-state index in [1.54, 1.807) is 30.3 Å². The van der Waals surface area contributed by atoms with E-state index < -0.39 is 27.8 Å². The van der Waals surface area contributed by atoms with E-state index in [2.05, 4.69) is 5.32 Å². The molecule has 122 valence electrons. The second-order valence-corrected chi connectivity index (χ2v) is 6.93. The van der Waals surface area contributed by atoms with Gasteiger partial charge in [-0.3, -0.25) is 9.10 Å². The molecule has 0 bridgehead atoms. The van der Waals surface area contributed by atoms with E-state index in [-0.39, 0.29) is 0 Å². The maximum atomic E-state index is 12.9. The van der Waals surface area contributed by atoms with Crippen LogP contribution in [0.5, 0.6) is 0 Å². The highest BCUT2D eigenvalue weighted by Crippen LogP contribution is 2.21. The molecule has 0 spiro atoms. The summed E-state index contributed by atoms with van der Waals surface area (Å²) in [5.41, 5.74) is 0.793. The van der Waals surface area contributed by atoms with Crippen LogP contribution >= 0.6 is 0 Å². The molecule has 1 N–H and O–H groups in total. The standard InChI is InChI=1S/C16H17FN2O3S/c1-12(16(20)18-14-10-8-13(17)9-11-14)19(23(2,21)22)15-6-4-3-5-7-15/h3-12H,1-2H3,(H,18,20)/t12-/m0/s1. The van der Waals surface area contributed by atoms with Gasteiger partial charge in [0.05, 0.1) is 11.9 Å². The van der Waals surface area contributed by atoms with Crippen molar-refractivity contribution in [3.63, 3.8) is 0 Å². The van der Waals surface area contributed by atoms with Crippen molar-refractivity contribution in [2.45, 2.75) is 13.0 Å². The molecule has 1 amide bonds. The van der Waals surface area contributed by atoms with Crippen LogP contribution < -0.4 is 9.62 Å². The van der Waals surface area contributed by atoms with E-state index in [0.717, 1.165) is 10.6 Å². The second-order valence-electron chi connectivity index (χ2n) is 5.07. The largest absolute Gasteiger partial charge is 0.324 e. The number of carbonyl (C=O) groups is 1. The molecular weight excluding hydrogens is 319 g/mol. The second kappa shape index (κ2) is 6.78. The van der Waals surface area contributed by atoms with E-state index in [1.807, 2.05) is 0 Å². The number of halogens is 1. The van der Waals surface area contributed by atoms with Crippen LogP contribution in [0.2, 0.25) is 0 Å². The number of hydrogen-bond acceptors (Lipinski definition) is 3. The third-order valence-corrected chi connectivity index (χ3v) is 4.45. The Hall–Kier alpha value is -2.41. The Labute approximate surface area is 134 Å². The summed E-state index contributed by atoms with van der Waals surface area (Å²) >= 11 is 0. The van der Waals surface area contributed by atoms with Crippen molar-refractivity contribution in [3.8, 4) is 0 Å². The molecule has 23 heavy (non-hydrogen) atoms. The van der Waals surface area contributed by atoms with Crippen LogP contribution in [-0.4, -0.2) is 26.6 Å². The molecule has 0 fully saturated rings. The minimum atomic E-state index is -3.65. The number of rotatable bonds is 5. The number of nitrogens with one attached hydrogen (secondary N) is 1. The first-order valence-corrected chi connectivity index (χ1v) is 8.75. The molecule has 5 nitrogen and oxygen atoms in total. The van der Waals surface area contributed by atoms with Crippen molar-refractivity contribution in [2.24, 2.45) is 0 Å². The number of sulfonamides is 1. The van der Waals surface area contributed by atoms with Crippen molar-refractivity contribution in [1.82, 2.24) is 0 Å². The van der Waals surface area contributed by atoms with Gasteiger partial charge in [-0.05, 0) is 43.3 Å². The van der Waals surface area contributed by atoms with Gasteiger partial charge in [0, 0.05) is 5.69 Å². The summed E-state index contributed by atoms with van der Waals surface area (Å²) < 4.78 is 38.1. The highest BCUT2D eigenvalue weighted by atomic mass is 32.2. The first kappa shape index (κ1) is 17.0. The van der Waals surface area contributed by atoms with Gasteiger partial charge in [0.1, 0.15) is 11.9 Å². The molecule has 2 aromatic carbocycles. The minimum Gasteiger partial charge on any atom is -0.324 e. The van der Waals surface area contributed by atoms with Crippen molar-refractivity contribution < 1.29 is 17.6 Å². The highest BCUT2D eigenvalue weighted by Gasteiger charge is 2.28. The monoisotopic (exact) mass is 336 g/mol. The zero-order valence-corrected chi connectivity index (χ0v) is 13.5. The number of benzene rings is 2. The van der Waals surface area contributed by atoms with Crippen LogP contribution in [0, 0.1) is 5.82 Å². The maximum Gasteiger partial charge on any atom is 0.247 e. The number of nitrogens with zero attached hydrogens (tertiary/aromatic N) is 1. The summed E-state index contributed by atoms with van der Waals surface area (Å²) in [6, 6.07) is 12.7. The van der Waals surface area contributed by atoms with Crippen LogP contribution in [-0.2, 0) is 14.8 Å². The van der Waals surface area contributed by atoms with Crippen molar-refractivity contribution >= 4 is 27.3 Å². The molecule has 2 aromatic rings. The molecule has 0 saturated carbocycles. The molecule has 0 unspecified atom stereocenters. The lowest BCUT2D eigenvalue weighted by atomic mass is 10.2. The predicted molar refractivity (Wildman–Crippen MR) is 88.3 cm³/mol. The first-order chi connectivity index (χ1) is 10.8. The minimum absolute atomic E-state index is 0.393. The topological polar surface area (TPSA) is 66.5 Å². The van der Waals surface area contributed by atoms with Gasteiger partial charge in [0.2, 0.25) is 15.9 Å². The number of hydrogen-bond donors (Lipinski definition) is 1. The fraction of sp³-hybridized carbons (Fsp3) is 0.188. The van der Waals surface area contributed by atoms with Crippen LogP contribution in [0.15, 0.2) is 54.6 Å². The molecule has 0 aliphatic rings. The average molecular weight is 336 g/mol. The van der Waals surface area contributed by atoms with Gasteiger partial charge in [-0.2, -0.15) is 0 Å². The SMILES string of the molecule is C[C@@H](C(=O)Nc1ccc(F)cc1)N(c1ccccc1)S(C)(=O)=O. The Bertz CT molecular complexity index is 777. The fourth-order valence-electron chi connectivity index (χ4n) is 2.16. The Morgan fingerprint density at radius 3 is 2.17 bits per heavy atom. The summed E-state index contributed by atoms with van der Waals surface area (Å²) in [6.07, 6.45) is 1.04. The van der Waals surface area contributed by atoms with Gasteiger partial charge in [-0.25, -0.2) is 12.8 Å². The van der Waals surface area contributed by atoms with E-state index in [4.69, 9.17) is 0 Å². The quantitative estimate of drug-likeness (QED) is 0.913. The molecule has 2 rings (SSSR count). The van der Waals surface area contributed by atoms with Gasteiger partial charge < -0.3 is 5.32 Å². The highest BCUT2D eigenvalue weighted by molar-refractivity contribution is 7.92. The van der Waals surface area contributed by atoms with Crippen LogP contribution in [0.1, 0.15) is 6.92 Å². The van der Waals surface area contributed by atoms with Crippen molar-refractivity contribution in [1.29, 1.82) is 0 Å². The fourth-order valence-corrected chi connectivity index (χ4v) is 3.34. The zero-order chi connectivity index (χ0) is 17.0. The van der Waals surface area contributed by atoms with E-state index in [0.29, 0.717) is 11.4 Å². The summed E-state index contributed by atoms with van der Waals surface area (Å²) in [7, 11) is -3.65. The Balaban J connectivity index is 2.25. The number of para-hydroxylation sites is 1. The molecule has 0 aliphatic carbocycles. The summed E-state index contributed by atoms with van der Waals surface area (Å²) in [5, 5.41) is 2.58. The van der Waals surface area contributed by atoms with Crippen molar-refractivity contribution in [3.05, 3.63) is 60.4 Å². The van der Waals surface area contributed by atoms with E-state index in [9.17, 15) is 17.6 Å². The Kier molecular flexibility index (Phi) is 5.00. The van der Waals surface area contributed by atoms with Gasteiger partial charge in [-0.15, -0.1) is 0 Å². The summed E-state index contributed by atoms with van der Waals surface area (Å²) in [5.74, 6) is -0.927. The number of carbonyl (C=O) groups excluding carboxylic acids is 1. The first-order valence-electron chi connectivity index (χ1n) is 6.90. The third-order valence-electron chi connectivity index (χ3n) is 3.21. The molecule has 0 radical (unpaired) electrons. The number of anilines is 2. The Morgan fingerprint density at radius 2 is 1.65 bits per heavy atom. The van der Waals surface area contributed by atoms with Crippen LogP contribution in [0.25, 0.3) is 0 Å². The molecule has 1 atom stereocenters. The zero-order valence-electron chi connectivity index (χ0n) is 12.7. The summed E-state index contributed by atoms with van der Waals surface area (Å²) in [6.45, 7) is 1.49. The lowest BCUT2D eigenvalue weighted by Crippen LogP contribution is -2.45. The summed E-state index contributed by atoms with van der Waals surface area (Å²) in [4.78, 5) is 12.3. The van der Waals surface area contributed by atoms with Gasteiger partial charge >= 0.3 is 0 Å². The van der Waals surface area contributed by atoms with Crippen LogP contribution in [0.3, 0.4) is 0 Å². The molecule has 7 heteroatoms. The molecular formula is C16H17FN2O3S. The Morgan fingerprint density at radius 1 is 1.09 bits per heavy atom. The van der Waals surface area contributed by atoms with E-state index >= 15 is 0 Å². The van der Waals surface area contributed by atoms with E-state index in [1.165, 1.54) is 31.2 Å². The molecule has 0 saturated heterocycles. The molecule has 0 heterocycles. The average Bonchev–Trinajstić information content (AvgIpc) is 2.49. The molecule has 0 aliphatic heterocycles. The lowest BCUT2D eigenvalue weighted by molar-refractivity contribution is -0.116. The normalized spacial score (nSPS) is 12.5. The van der Waals surface area contributed by atoms with Gasteiger partial charge in [0.15, 0.2) is 0 Å². The molecule has 0 aromatic heterocycles. The maximum absolute atomic E-state index is 12.9. The number of amides is 1. The van der Waals surface area contributed by atoms with Gasteiger partial charge in [-0.1, -0.05) is 18.2 Å².